The van der Waals surface area contributed by atoms with Crippen molar-refractivity contribution in [2.24, 2.45) is 0 Å². The molecule has 0 aliphatic carbocycles. The van der Waals surface area contributed by atoms with Gasteiger partial charge in [-0.2, -0.15) is 0 Å². The third-order valence-corrected chi connectivity index (χ3v) is 2.99. The highest BCUT2D eigenvalue weighted by atomic mass is 35.5. The fraction of sp³-hybridized carbons (Fsp3) is 0.538. The lowest BCUT2D eigenvalue weighted by molar-refractivity contribution is 0.190. The molecule has 18 heavy (non-hydrogen) atoms. The molecular weight excluding hydrogens is 254 g/mol. The maximum absolute atomic E-state index is 9.39. The molecule has 1 aromatic rings. The van der Waals surface area contributed by atoms with Gasteiger partial charge in [-0.05, 0) is 6.07 Å². The molecule has 0 saturated heterocycles. The van der Waals surface area contributed by atoms with Crippen LogP contribution in [-0.2, 0) is 16.1 Å². The van der Waals surface area contributed by atoms with E-state index in [1.807, 2.05) is 18.2 Å². The van der Waals surface area contributed by atoms with Crippen LogP contribution in [0.15, 0.2) is 18.2 Å². The molecule has 0 aliphatic heterocycles. The van der Waals surface area contributed by atoms with Gasteiger partial charge in [-0.3, -0.25) is 0 Å². The largest absolute Gasteiger partial charge is 0.392 e. The van der Waals surface area contributed by atoms with E-state index in [-0.39, 0.29) is 6.61 Å². The Hall–Kier alpha value is -0.810. The Balaban J connectivity index is 2.94. The number of nitrogens with zero attached hydrogens (tertiary/aromatic N) is 1. The Bertz CT molecular complexity index is 352. The van der Waals surface area contributed by atoms with Crippen molar-refractivity contribution in [2.45, 2.75) is 6.61 Å². The first-order chi connectivity index (χ1) is 8.74. The maximum Gasteiger partial charge on any atom is 0.0702 e. The quantitative estimate of drug-likeness (QED) is 0.786. The van der Waals surface area contributed by atoms with Gasteiger partial charge < -0.3 is 19.5 Å². The monoisotopic (exact) mass is 273 g/mol. The predicted molar refractivity (Wildman–Crippen MR) is 73.3 cm³/mol. The van der Waals surface area contributed by atoms with Gasteiger partial charge in [-0.15, -0.1) is 0 Å². The van der Waals surface area contributed by atoms with Crippen LogP contribution in [-0.4, -0.2) is 45.6 Å². The van der Waals surface area contributed by atoms with E-state index in [4.69, 9.17) is 21.1 Å². The van der Waals surface area contributed by atoms with Gasteiger partial charge in [-0.25, -0.2) is 0 Å². The van der Waals surface area contributed by atoms with Crippen LogP contribution >= 0.6 is 11.6 Å². The first-order valence-corrected chi connectivity index (χ1v) is 6.23. The van der Waals surface area contributed by atoms with Crippen LogP contribution in [0.2, 0.25) is 5.02 Å². The van der Waals surface area contributed by atoms with Crippen LogP contribution in [0.4, 0.5) is 5.69 Å². The first-order valence-electron chi connectivity index (χ1n) is 5.85. The van der Waals surface area contributed by atoms with E-state index in [1.54, 1.807) is 14.2 Å². The molecule has 0 bridgehead atoms. The fourth-order valence-electron chi connectivity index (χ4n) is 1.78. The average molecular weight is 274 g/mol. The number of hydrogen-bond donors (Lipinski definition) is 1. The number of benzene rings is 1. The van der Waals surface area contributed by atoms with Gasteiger partial charge in [0, 0.05) is 32.9 Å². The minimum Gasteiger partial charge on any atom is -0.392 e. The zero-order valence-electron chi connectivity index (χ0n) is 10.9. The molecule has 102 valence electrons. The molecule has 0 amide bonds. The number of halogens is 1. The third kappa shape index (κ3) is 4.14. The molecule has 4 nitrogen and oxygen atoms in total. The summed E-state index contributed by atoms with van der Waals surface area (Å²) in [5.74, 6) is 0. The van der Waals surface area contributed by atoms with Gasteiger partial charge in [-0.1, -0.05) is 23.7 Å². The number of ether oxygens (including phenoxy) is 2. The summed E-state index contributed by atoms with van der Waals surface area (Å²) in [4.78, 5) is 2.07. The highest BCUT2D eigenvalue weighted by molar-refractivity contribution is 6.33. The first kappa shape index (κ1) is 15.2. The van der Waals surface area contributed by atoms with Gasteiger partial charge in [0.15, 0.2) is 0 Å². The summed E-state index contributed by atoms with van der Waals surface area (Å²) in [6.07, 6.45) is 0. The number of hydrogen-bond acceptors (Lipinski definition) is 4. The molecule has 0 aromatic heterocycles. The van der Waals surface area contributed by atoms with E-state index >= 15 is 0 Å². The zero-order chi connectivity index (χ0) is 13.4. The van der Waals surface area contributed by atoms with Gasteiger partial charge in [0.05, 0.1) is 30.5 Å². The molecule has 5 heteroatoms. The van der Waals surface area contributed by atoms with Crippen LogP contribution in [0.1, 0.15) is 5.56 Å². The lowest BCUT2D eigenvalue weighted by Crippen LogP contribution is -2.31. The van der Waals surface area contributed by atoms with Crippen LogP contribution in [0, 0.1) is 0 Å². The number of aliphatic hydroxyl groups excluding tert-OH is 1. The molecule has 0 unspecified atom stereocenters. The molecule has 0 aliphatic rings. The molecule has 1 N–H and O–H groups in total. The fourth-order valence-corrected chi connectivity index (χ4v) is 2.09. The van der Waals surface area contributed by atoms with Crippen molar-refractivity contribution in [1.82, 2.24) is 0 Å². The summed E-state index contributed by atoms with van der Waals surface area (Å²) in [5, 5.41) is 10.0. The van der Waals surface area contributed by atoms with Crippen LogP contribution in [0.3, 0.4) is 0 Å². The summed E-state index contributed by atoms with van der Waals surface area (Å²) in [7, 11) is 3.32. The van der Waals surface area contributed by atoms with Crippen LogP contribution in [0.25, 0.3) is 0 Å². The van der Waals surface area contributed by atoms with E-state index in [0.717, 1.165) is 11.3 Å². The second kappa shape index (κ2) is 8.32. The Morgan fingerprint density at radius 2 is 1.78 bits per heavy atom. The molecule has 0 fully saturated rings. The molecule has 1 aromatic carbocycles. The SMILES string of the molecule is COCCN(CCOC)c1c(Cl)cccc1CO. The van der Waals surface area contributed by atoms with Crippen molar-refractivity contribution in [1.29, 1.82) is 0 Å². The second-order valence-corrected chi connectivity index (χ2v) is 4.29. The predicted octanol–water partition coefficient (Wildman–Crippen LogP) is 1.93. The van der Waals surface area contributed by atoms with Gasteiger partial charge in [0.1, 0.15) is 0 Å². The van der Waals surface area contributed by atoms with E-state index in [2.05, 4.69) is 4.90 Å². The van der Waals surface area contributed by atoms with Crippen molar-refractivity contribution >= 4 is 17.3 Å². The topological polar surface area (TPSA) is 41.9 Å². The third-order valence-electron chi connectivity index (χ3n) is 2.69. The number of para-hydroxylation sites is 1. The van der Waals surface area contributed by atoms with Crippen molar-refractivity contribution in [3.63, 3.8) is 0 Å². The van der Waals surface area contributed by atoms with Gasteiger partial charge in [0.2, 0.25) is 0 Å². The standard InChI is InChI=1S/C13H20ClNO3/c1-17-8-6-15(7-9-18-2)13-11(10-16)4-3-5-12(13)14/h3-5,16H,6-10H2,1-2H3. The molecule has 0 saturated carbocycles. The summed E-state index contributed by atoms with van der Waals surface area (Å²) in [6, 6.07) is 5.53. The van der Waals surface area contributed by atoms with Crippen molar-refractivity contribution in [3.05, 3.63) is 28.8 Å². The lowest BCUT2D eigenvalue weighted by atomic mass is 10.1. The van der Waals surface area contributed by atoms with Gasteiger partial charge >= 0.3 is 0 Å². The van der Waals surface area contributed by atoms with E-state index in [1.165, 1.54) is 0 Å². The molecule has 0 atom stereocenters. The van der Waals surface area contributed by atoms with Crippen LogP contribution in [0.5, 0.6) is 0 Å². The molecule has 0 heterocycles. The molecule has 1 rings (SSSR count). The summed E-state index contributed by atoms with van der Waals surface area (Å²) in [5.41, 5.74) is 1.67. The van der Waals surface area contributed by atoms with Crippen molar-refractivity contribution in [2.75, 3.05) is 45.4 Å². The minimum absolute atomic E-state index is 0.0354. The Kier molecular flexibility index (Phi) is 7.05. The van der Waals surface area contributed by atoms with Crippen LogP contribution < -0.4 is 4.90 Å². The molecular formula is C13H20ClNO3. The highest BCUT2D eigenvalue weighted by Gasteiger charge is 2.14. The lowest BCUT2D eigenvalue weighted by Gasteiger charge is -2.27. The highest BCUT2D eigenvalue weighted by Crippen LogP contribution is 2.29. The average Bonchev–Trinajstić information content (AvgIpc) is 2.39. The Morgan fingerprint density at radius 3 is 2.28 bits per heavy atom. The Morgan fingerprint density at radius 1 is 1.17 bits per heavy atom. The molecule has 0 spiro atoms. The zero-order valence-corrected chi connectivity index (χ0v) is 11.6. The number of rotatable bonds is 8. The normalized spacial score (nSPS) is 10.7. The van der Waals surface area contributed by atoms with Crippen molar-refractivity contribution < 1.29 is 14.6 Å². The van der Waals surface area contributed by atoms with Crippen molar-refractivity contribution in [3.8, 4) is 0 Å². The van der Waals surface area contributed by atoms with E-state index in [9.17, 15) is 5.11 Å². The summed E-state index contributed by atoms with van der Waals surface area (Å²) >= 11 is 6.23. The van der Waals surface area contributed by atoms with E-state index in [0.29, 0.717) is 31.3 Å². The summed E-state index contributed by atoms with van der Waals surface area (Å²) in [6.45, 7) is 2.57. The number of anilines is 1. The summed E-state index contributed by atoms with van der Waals surface area (Å²) < 4.78 is 10.2. The number of methoxy groups -OCH3 is 2. The van der Waals surface area contributed by atoms with E-state index < -0.39 is 0 Å². The Labute approximate surface area is 113 Å². The molecule has 0 radical (unpaired) electrons. The smallest absolute Gasteiger partial charge is 0.0702 e. The maximum atomic E-state index is 9.39. The second-order valence-electron chi connectivity index (χ2n) is 3.88. The minimum atomic E-state index is -0.0354. The number of aliphatic hydroxyl groups is 1. The van der Waals surface area contributed by atoms with Gasteiger partial charge in [0.25, 0.3) is 0 Å².